The Morgan fingerprint density at radius 2 is 2.38 bits per heavy atom. The molecule has 9 heteroatoms. The second-order valence-corrected chi connectivity index (χ2v) is 6.62. The second kappa shape index (κ2) is 7.99. The number of aryl methyl sites for hydroxylation is 1. The molecule has 2 aromatic heterocycles. The Kier molecular flexibility index (Phi) is 6.00. The van der Waals surface area contributed by atoms with Gasteiger partial charge in [0.15, 0.2) is 0 Å². The van der Waals surface area contributed by atoms with Crippen molar-refractivity contribution in [3.63, 3.8) is 0 Å². The molecule has 0 radical (unpaired) electrons. The van der Waals surface area contributed by atoms with Crippen molar-refractivity contribution in [3.05, 3.63) is 23.7 Å². The number of nitrogens with one attached hydrogen (secondary N) is 1. The van der Waals surface area contributed by atoms with Gasteiger partial charge in [-0.25, -0.2) is 14.8 Å². The number of hydrogen-bond donors (Lipinski definition) is 1. The van der Waals surface area contributed by atoms with Crippen LogP contribution in [0, 0.1) is 0 Å². The third kappa shape index (κ3) is 5.01. The zero-order valence-electron chi connectivity index (χ0n) is 12.0. The van der Waals surface area contributed by atoms with Crippen LogP contribution in [-0.4, -0.2) is 50.0 Å². The quantitative estimate of drug-likeness (QED) is 0.618. The molecule has 0 saturated carbocycles. The Bertz CT molecular complexity index is 556. The van der Waals surface area contributed by atoms with Crippen LogP contribution in [0.25, 0.3) is 0 Å². The lowest BCUT2D eigenvalue weighted by atomic mass is 10.5. The minimum Gasteiger partial charge on any atom is -0.338 e. The molecule has 7 nitrogen and oxygen atoms in total. The van der Waals surface area contributed by atoms with Crippen LogP contribution in [0.2, 0.25) is 0 Å². The fourth-order valence-corrected chi connectivity index (χ4v) is 3.24. The van der Waals surface area contributed by atoms with Crippen molar-refractivity contribution in [1.29, 1.82) is 0 Å². The highest BCUT2D eigenvalue weighted by Gasteiger charge is 2.11. The summed E-state index contributed by atoms with van der Waals surface area (Å²) >= 11 is 3.35. The van der Waals surface area contributed by atoms with Crippen molar-refractivity contribution >= 4 is 29.1 Å². The largest absolute Gasteiger partial charge is 0.338 e. The molecule has 0 aromatic carbocycles. The zero-order chi connectivity index (χ0) is 15.1. The summed E-state index contributed by atoms with van der Waals surface area (Å²) in [7, 11) is 3.55. The lowest BCUT2D eigenvalue weighted by Crippen LogP contribution is -2.38. The molecule has 0 aliphatic rings. The SMILES string of the molecule is CN(Cc1ncnn1C)C(=O)NCCCSc1nccs1. The molecule has 2 amide bonds. The van der Waals surface area contributed by atoms with Gasteiger partial charge in [0.05, 0.1) is 6.54 Å². The number of nitrogens with zero attached hydrogens (tertiary/aromatic N) is 5. The molecule has 0 saturated heterocycles. The average molecular weight is 326 g/mol. The number of hydrogen-bond acceptors (Lipinski definition) is 6. The van der Waals surface area contributed by atoms with Gasteiger partial charge in [-0.1, -0.05) is 11.8 Å². The Labute approximate surface area is 131 Å². The van der Waals surface area contributed by atoms with E-state index in [0.717, 1.165) is 22.3 Å². The standard InChI is InChI=1S/C12H18N6OS2/c1-17(8-10-15-9-16-18(10)2)11(19)13-4-3-6-20-12-14-5-7-21-12/h5,7,9H,3-4,6,8H2,1-2H3,(H,13,19). The molecule has 2 aromatic rings. The molecule has 114 valence electrons. The van der Waals surface area contributed by atoms with E-state index in [1.54, 1.807) is 45.9 Å². The van der Waals surface area contributed by atoms with Gasteiger partial charge in [0.2, 0.25) is 0 Å². The number of thiazole rings is 1. The first-order valence-corrected chi connectivity index (χ1v) is 8.37. The van der Waals surface area contributed by atoms with Gasteiger partial charge in [-0.05, 0) is 6.42 Å². The fraction of sp³-hybridized carbons (Fsp3) is 0.500. The van der Waals surface area contributed by atoms with E-state index in [9.17, 15) is 4.79 Å². The molecule has 0 atom stereocenters. The van der Waals surface area contributed by atoms with Crippen LogP contribution in [-0.2, 0) is 13.6 Å². The van der Waals surface area contributed by atoms with Gasteiger partial charge >= 0.3 is 6.03 Å². The fourth-order valence-electron chi connectivity index (χ4n) is 1.59. The summed E-state index contributed by atoms with van der Waals surface area (Å²) in [6, 6.07) is -0.0998. The number of amides is 2. The molecule has 0 aliphatic carbocycles. The summed E-state index contributed by atoms with van der Waals surface area (Å²) in [5.41, 5.74) is 0. The molecule has 0 aliphatic heterocycles. The molecule has 0 unspecified atom stereocenters. The van der Waals surface area contributed by atoms with Gasteiger partial charge in [-0.15, -0.1) is 11.3 Å². The number of aromatic nitrogens is 4. The van der Waals surface area contributed by atoms with Crippen LogP contribution in [0.4, 0.5) is 4.79 Å². The van der Waals surface area contributed by atoms with E-state index in [1.165, 1.54) is 6.33 Å². The maximum Gasteiger partial charge on any atom is 0.317 e. The lowest BCUT2D eigenvalue weighted by Gasteiger charge is -2.17. The van der Waals surface area contributed by atoms with Gasteiger partial charge in [-0.3, -0.25) is 4.68 Å². The first kappa shape index (κ1) is 15.8. The summed E-state index contributed by atoms with van der Waals surface area (Å²) in [5.74, 6) is 1.70. The molecule has 2 rings (SSSR count). The number of rotatable bonds is 7. The van der Waals surface area contributed by atoms with Crippen molar-refractivity contribution in [2.75, 3.05) is 19.3 Å². The minimum absolute atomic E-state index is 0.0998. The van der Waals surface area contributed by atoms with E-state index in [0.29, 0.717) is 13.1 Å². The van der Waals surface area contributed by atoms with Gasteiger partial charge in [-0.2, -0.15) is 5.10 Å². The van der Waals surface area contributed by atoms with Gasteiger partial charge < -0.3 is 10.2 Å². The minimum atomic E-state index is -0.0998. The Hall–Kier alpha value is -1.61. The van der Waals surface area contributed by atoms with E-state index in [4.69, 9.17) is 0 Å². The predicted octanol–water partition coefficient (Wildman–Crippen LogP) is 1.60. The van der Waals surface area contributed by atoms with E-state index in [2.05, 4.69) is 20.4 Å². The number of carbonyl (C=O) groups excluding carboxylic acids is 1. The van der Waals surface area contributed by atoms with Crippen LogP contribution in [0.3, 0.4) is 0 Å². The number of carbonyl (C=O) groups is 1. The van der Waals surface area contributed by atoms with Crippen molar-refractivity contribution in [2.24, 2.45) is 7.05 Å². The van der Waals surface area contributed by atoms with Crippen LogP contribution in [0.15, 0.2) is 22.2 Å². The molecule has 1 N–H and O–H groups in total. The Balaban J connectivity index is 1.61. The summed E-state index contributed by atoms with van der Waals surface area (Å²) in [6.45, 7) is 1.09. The van der Waals surface area contributed by atoms with E-state index < -0.39 is 0 Å². The van der Waals surface area contributed by atoms with E-state index in [-0.39, 0.29) is 6.03 Å². The number of thioether (sulfide) groups is 1. The molecule has 2 heterocycles. The Morgan fingerprint density at radius 3 is 3.05 bits per heavy atom. The van der Waals surface area contributed by atoms with Crippen molar-refractivity contribution in [1.82, 2.24) is 30.0 Å². The Morgan fingerprint density at radius 1 is 1.52 bits per heavy atom. The van der Waals surface area contributed by atoms with Crippen molar-refractivity contribution in [3.8, 4) is 0 Å². The highest BCUT2D eigenvalue weighted by Crippen LogP contribution is 2.20. The summed E-state index contributed by atoms with van der Waals surface area (Å²) in [4.78, 5) is 21.8. The van der Waals surface area contributed by atoms with E-state index in [1.807, 2.05) is 12.4 Å². The third-order valence-electron chi connectivity index (χ3n) is 2.76. The third-order valence-corrected chi connectivity index (χ3v) is 4.82. The van der Waals surface area contributed by atoms with Crippen LogP contribution in [0.5, 0.6) is 0 Å². The highest BCUT2D eigenvalue weighted by atomic mass is 32.2. The summed E-state index contributed by atoms with van der Waals surface area (Å²) < 4.78 is 2.73. The van der Waals surface area contributed by atoms with Crippen molar-refractivity contribution in [2.45, 2.75) is 17.3 Å². The molecular formula is C12H18N6OS2. The van der Waals surface area contributed by atoms with Crippen LogP contribution >= 0.6 is 23.1 Å². The molecular weight excluding hydrogens is 308 g/mol. The highest BCUT2D eigenvalue weighted by molar-refractivity contribution is 8.00. The number of urea groups is 1. The summed E-state index contributed by atoms with van der Waals surface area (Å²) in [5, 5.41) is 8.84. The second-order valence-electron chi connectivity index (χ2n) is 4.39. The smallest absolute Gasteiger partial charge is 0.317 e. The van der Waals surface area contributed by atoms with Crippen LogP contribution in [0.1, 0.15) is 12.2 Å². The maximum absolute atomic E-state index is 11.9. The first-order valence-electron chi connectivity index (χ1n) is 6.51. The summed E-state index contributed by atoms with van der Waals surface area (Å²) in [6.07, 6.45) is 4.20. The lowest BCUT2D eigenvalue weighted by molar-refractivity contribution is 0.205. The molecule has 21 heavy (non-hydrogen) atoms. The zero-order valence-corrected chi connectivity index (χ0v) is 13.7. The van der Waals surface area contributed by atoms with Gasteiger partial charge in [0.25, 0.3) is 0 Å². The van der Waals surface area contributed by atoms with Gasteiger partial charge in [0, 0.05) is 38.0 Å². The maximum atomic E-state index is 11.9. The van der Waals surface area contributed by atoms with Crippen LogP contribution < -0.4 is 5.32 Å². The molecule has 0 spiro atoms. The van der Waals surface area contributed by atoms with Crippen molar-refractivity contribution < 1.29 is 4.79 Å². The van der Waals surface area contributed by atoms with Gasteiger partial charge in [0.1, 0.15) is 16.5 Å². The predicted molar refractivity (Wildman–Crippen MR) is 83.3 cm³/mol. The average Bonchev–Trinajstić information content (AvgIpc) is 3.11. The topological polar surface area (TPSA) is 75.9 Å². The molecule has 0 fully saturated rings. The first-order chi connectivity index (χ1) is 10.2. The van der Waals surface area contributed by atoms with E-state index >= 15 is 0 Å². The normalized spacial score (nSPS) is 10.6. The monoisotopic (exact) mass is 326 g/mol. The molecule has 0 bridgehead atoms.